The van der Waals surface area contributed by atoms with Gasteiger partial charge >= 0.3 is 0 Å². The third-order valence-corrected chi connectivity index (χ3v) is 5.09. The normalized spacial score (nSPS) is 33.7. The van der Waals surface area contributed by atoms with Crippen molar-refractivity contribution in [2.24, 2.45) is 5.92 Å². The summed E-state index contributed by atoms with van der Waals surface area (Å²) < 4.78 is 28.2. The molecule has 2 fully saturated rings. The second-order valence-electron chi connectivity index (χ2n) is 4.84. The molecule has 0 aromatic carbocycles. The van der Waals surface area contributed by atoms with Crippen LogP contribution in [0.2, 0.25) is 0 Å². The molecule has 2 atom stereocenters. The molecule has 1 N–H and O–H groups in total. The maximum atomic E-state index is 11.9. The number of nitrogens with zero attached hydrogens (tertiary/aromatic N) is 1. The molecule has 0 bridgehead atoms. The predicted molar refractivity (Wildman–Crippen MR) is 59.7 cm³/mol. The standard InChI is InChI=1S/C10H20N2O2S/c1-9-4-5-10(8-9)11-15(13,14)12-6-2-3-7-12/h9-11H,2-8H2,1H3. The van der Waals surface area contributed by atoms with E-state index in [-0.39, 0.29) is 6.04 Å². The van der Waals surface area contributed by atoms with Crippen LogP contribution in [0, 0.1) is 5.92 Å². The van der Waals surface area contributed by atoms with Crippen LogP contribution >= 0.6 is 0 Å². The van der Waals surface area contributed by atoms with Crippen LogP contribution < -0.4 is 4.72 Å². The minimum Gasteiger partial charge on any atom is -0.199 e. The first-order valence-electron chi connectivity index (χ1n) is 5.85. The molecule has 0 spiro atoms. The van der Waals surface area contributed by atoms with Gasteiger partial charge in [-0.1, -0.05) is 6.92 Å². The Hall–Kier alpha value is -0.130. The quantitative estimate of drug-likeness (QED) is 0.792. The van der Waals surface area contributed by atoms with Gasteiger partial charge in [0.1, 0.15) is 0 Å². The molecule has 2 rings (SSSR count). The van der Waals surface area contributed by atoms with Crippen LogP contribution in [0.25, 0.3) is 0 Å². The van der Waals surface area contributed by atoms with Crippen LogP contribution in [-0.2, 0) is 10.2 Å². The second kappa shape index (κ2) is 4.39. The first-order valence-corrected chi connectivity index (χ1v) is 7.29. The molecule has 0 radical (unpaired) electrons. The Morgan fingerprint density at radius 1 is 1.20 bits per heavy atom. The summed E-state index contributed by atoms with van der Waals surface area (Å²) in [6.07, 6.45) is 5.14. The van der Waals surface area contributed by atoms with E-state index >= 15 is 0 Å². The van der Waals surface area contributed by atoms with Gasteiger partial charge in [0.15, 0.2) is 0 Å². The highest BCUT2D eigenvalue weighted by Crippen LogP contribution is 2.25. The summed E-state index contributed by atoms with van der Waals surface area (Å²) in [5, 5.41) is 0. The van der Waals surface area contributed by atoms with Crippen LogP contribution in [0.3, 0.4) is 0 Å². The molecule has 1 saturated carbocycles. The largest absolute Gasteiger partial charge is 0.279 e. The van der Waals surface area contributed by atoms with Crippen LogP contribution in [-0.4, -0.2) is 31.9 Å². The summed E-state index contributed by atoms with van der Waals surface area (Å²) >= 11 is 0. The SMILES string of the molecule is CC1CCC(NS(=O)(=O)N2CCCC2)C1. The Bertz CT molecular complexity index is 309. The lowest BCUT2D eigenvalue weighted by Crippen LogP contribution is -2.43. The van der Waals surface area contributed by atoms with Gasteiger partial charge in [0.05, 0.1) is 0 Å². The molecule has 0 amide bonds. The molecule has 2 unspecified atom stereocenters. The van der Waals surface area contributed by atoms with Crippen molar-refractivity contribution in [3.8, 4) is 0 Å². The van der Waals surface area contributed by atoms with Gasteiger partial charge in [-0.2, -0.15) is 17.4 Å². The maximum absolute atomic E-state index is 11.9. The lowest BCUT2D eigenvalue weighted by Gasteiger charge is -2.19. The smallest absolute Gasteiger partial charge is 0.199 e. The lowest BCUT2D eigenvalue weighted by atomic mass is 10.1. The van der Waals surface area contributed by atoms with Crippen molar-refractivity contribution in [2.75, 3.05) is 13.1 Å². The van der Waals surface area contributed by atoms with Crippen molar-refractivity contribution in [1.29, 1.82) is 0 Å². The molecule has 0 aromatic heterocycles. The minimum atomic E-state index is -3.18. The molecule has 88 valence electrons. The van der Waals surface area contributed by atoms with Crippen LogP contribution in [0.4, 0.5) is 0 Å². The maximum Gasteiger partial charge on any atom is 0.279 e. The molecule has 15 heavy (non-hydrogen) atoms. The van der Waals surface area contributed by atoms with Gasteiger partial charge in [-0.25, -0.2) is 0 Å². The first-order chi connectivity index (χ1) is 7.08. The fraction of sp³-hybridized carbons (Fsp3) is 1.00. The van der Waals surface area contributed by atoms with E-state index in [9.17, 15) is 8.42 Å². The monoisotopic (exact) mass is 232 g/mol. The van der Waals surface area contributed by atoms with Gasteiger partial charge in [-0.05, 0) is 38.0 Å². The molecule has 1 aliphatic carbocycles. The zero-order valence-electron chi connectivity index (χ0n) is 9.28. The number of hydrogen-bond donors (Lipinski definition) is 1. The summed E-state index contributed by atoms with van der Waals surface area (Å²) in [4.78, 5) is 0. The Morgan fingerprint density at radius 3 is 2.40 bits per heavy atom. The zero-order chi connectivity index (χ0) is 10.9. The highest BCUT2D eigenvalue weighted by Gasteiger charge is 2.30. The van der Waals surface area contributed by atoms with Crippen molar-refractivity contribution in [1.82, 2.24) is 9.03 Å². The Morgan fingerprint density at radius 2 is 1.87 bits per heavy atom. The van der Waals surface area contributed by atoms with E-state index in [4.69, 9.17) is 0 Å². The first kappa shape index (κ1) is 11.4. The van der Waals surface area contributed by atoms with E-state index in [1.165, 1.54) is 0 Å². The van der Waals surface area contributed by atoms with Crippen molar-refractivity contribution in [3.63, 3.8) is 0 Å². The van der Waals surface area contributed by atoms with Crippen molar-refractivity contribution in [2.45, 2.75) is 45.1 Å². The fourth-order valence-electron chi connectivity index (χ4n) is 2.53. The topological polar surface area (TPSA) is 49.4 Å². The number of nitrogens with one attached hydrogen (secondary N) is 1. The molecule has 0 aromatic rings. The predicted octanol–water partition coefficient (Wildman–Crippen LogP) is 1.11. The van der Waals surface area contributed by atoms with Crippen LogP contribution in [0.5, 0.6) is 0 Å². The van der Waals surface area contributed by atoms with E-state index < -0.39 is 10.2 Å². The number of rotatable bonds is 3. The average molecular weight is 232 g/mol. The van der Waals surface area contributed by atoms with Crippen molar-refractivity contribution < 1.29 is 8.42 Å². The molecule has 4 nitrogen and oxygen atoms in total. The summed E-state index contributed by atoms with van der Waals surface area (Å²) in [6, 6.07) is 0.172. The van der Waals surface area contributed by atoms with Gasteiger partial charge in [0, 0.05) is 19.1 Å². The van der Waals surface area contributed by atoms with Crippen molar-refractivity contribution >= 4 is 10.2 Å². The average Bonchev–Trinajstić information content (AvgIpc) is 2.75. The highest BCUT2D eigenvalue weighted by atomic mass is 32.2. The third-order valence-electron chi connectivity index (χ3n) is 3.42. The number of hydrogen-bond acceptors (Lipinski definition) is 2. The van der Waals surface area contributed by atoms with E-state index in [1.807, 2.05) is 0 Å². The zero-order valence-corrected chi connectivity index (χ0v) is 10.1. The molecule has 1 saturated heterocycles. The van der Waals surface area contributed by atoms with Crippen molar-refractivity contribution in [3.05, 3.63) is 0 Å². The van der Waals surface area contributed by atoms with Gasteiger partial charge in [-0.3, -0.25) is 0 Å². The summed E-state index contributed by atoms with van der Waals surface area (Å²) in [6.45, 7) is 3.57. The molecular weight excluding hydrogens is 212 g/mol. The minimum absolute atomic E-state index is 0.172. The molecule has 1 aliphatic heterocycles. The van der Waals surface area contributed by atoms with E-state index in [0.717, 1.165) is 32.1 Å². The second-order valence-corrected chi connectivity index (χ2v) is 6.55. The summed E-state index contributed by atoms with van der Waals surface area (Å²) in [5.41, 5.74) is 0. The molecule has 5 heteroatoms. The van der Waals surface area contributed by atoms with E-state index in [2.05, 4.69) is 11.6 Å². The summed E-state index contributed by atoms with van der Waals surface area (Å²) in [7, 11) is -3.18. The molecular formula is C10H20N2O2S. The van der Waals surface area contributed by atoms with Gasteiger partial charge in [0.25, 0.3) is 10.2 Å². The molecule has 2 aliphatic rings. The summed E-state index contributed by atoms with van der Waals surface area (Å²) in [5.74, 6) is 0.663. The highest BCUT2D eigenvalue weighted by molar-refractivity contribution is 7.87. The van der Waals surface area contributed by atoms with Gasteiger partial charge in [0.2, 0.25) is 0 Å². The Kier molecular flexibility index (Phi) is 3.33. The van der Waals surface area contributed by atoms with E-state index in [0.29, 0.717) is 19.0 Å². The van der Waals surface area contributed by atoms with E-state index in [1.54, 1.807) is 4.31 Å². The fourth-order valence-corrected chi connectivity index (χ4v) is 4.05. The van der Waals surface area contributed by atoms with Gasteiger partial charge in [-0.15, -0.1) is 0 Å². The van der Waals surface area contributed by atoms with Crippen LogP contribution in [0.15, 0.2) is 0 Å². The van der Waals surface area contributed by atoms with Gasteiger partial charge < -0.3 is 0 Å². The Balaban J connectivity index is 1.92. The van der Waals surface area contributed by atoms with Crippen LogP contribution in [0.1, 0.15) is 39.0 Å². The lowest BCUT2D eigenvalue weighted by molar-refractivity contribution is 0.449. The molecule has 1 heterocycles. The Labute approximate surface area is 92.2 Å². The third kappa shape index (κ3) is 2.71.